The van der Waals surface area contributed by atoms with E-state index in [-0.39, 0.29) is 12.1 Å². The number of likely N-dealkylation sites (tertiary alicyclic amines) is 1. The second-order valence-electron chi connectivity index (χ2n) is 10.8. The molecular formula is C30H30N6O2. The van der Waals surface area contributed by atoms with Gasteiger partial charge in [0.15, 0.2) is 0 Å². The molecule has 0 spiro atoms. The van der Waals surface area contributed by atoms with Gasteiger partial charge in [-0.3, -0.25) is 4.90 Å². The average molecular weight is 507 g/mol. The van der Waals surface area contributed by atoms with Crippen LogP contribution in [0.15, 0.2) is 73.1 Å². The Morgan fingerprint density at radius 2 is 1.68 bits per heavy atom. The van der Waals surface area contributed by atoms with E-state index in [2.05, 4.69) is 61.6 Å². The smallest absolute Gasteiger partial charge is 0.407 e. The first-order valence-corrected chi connectivity index (χ1v) is 12.8. The second kappa shape index (κ2) is 9.54. The Morgan fingerprint density at radius 3 is 2.39 bits per heavy atom. The predicted molar refractivity (Wildman–Crippen MR) is 148 cm³/mol. The van der Waals surface area contributed by atoms with Gasteiger partial charge >= 0.3 is 6.09 Å². The number of carbonyl (C=O) groups is 1. The van der Waals surface area contributed by atoms with Crippen molar-refractivity contribution in [2.45, 2.75) is 39.0 Å². The number of alkyl carbamates (subject to hydrolysis) is 1. The maximum atomic E-state index is 12.0. The molecule has 192 valence electrons. The molecule has 0 saturated carbocycles. The maximum absolute atomic E-state index is 12.0. The van der Waals surface area contributed by atoms with Gasteiger partial charge in [0.05, 0.1) is 39.5 Å². The zero-order chi connectivity index (χ0) is 26.3. The lowest BCUT2D eigenvalue weighted by molar-refractivity contribution is 0.0392. The van der Waals surface area contributed by atoms with E-state index in [4.69, 9.17) is 9.72 Å². The highest BCUT2D eigenvalue weighted by Crippen LogP contribution is 2.32. The van der Waals surface area contributed by atoms with E-state index in [0.717, 1.165) is 64.2 Å². The molecule has 8 heteroatoms. The molecule has 0 aliphatic carbocycles. The number of benzene rings is 3. The molecule has 3 heterocycles. The van der Waals surface area contributed by atoms with Gasteiger partial charge in [0.1, 0.15) is 11.9 Å². The minimum absolute atomic E-state index is 0.120. The molecular weight excluding hydrogens is 476 g/mol. The number of nitrogens with zero attached hydrogens (tertiary/aromatic N) is 4. The van der Waals surface area contributed by atoms with Gasteiger partial charge in [-0.15, -0.1) is 0 Å². The Balaban J connectivity index is 1.21. The van der Waals surface area contributed by atoms with Crippen LogP contribution in [0, 0.1) is 0 Å². The minimum atomic E-state index is -0.489. The van der Waals surface area contributed by atoms with Crippen LogP contribution in [-0.2, 0) is 11.3 Å². The van der Waals surface area contributed by atoms with Gasteiger partial charge in [0.2, 0.25) is 0 Å². The number of hydrogen-bond donors (Lipinski definition) is 2. The van der Waals surface area contributed by atoms with Crippen molar-refractivity contribution in [1.29, 1.82) is 0 Å². The molecule has 3 aromatic carbocycles. The van der Waals surface area contributed by atoms with Crippen LogP contribution in [0.25, 0.3) is 44.6 Å². The molecule has 8 nitrogen and oxygen atoms in total. The monoisotopic (exact) mass is 506 g/mol. The molecule has 1 saturated heterocycles. The van der Waals surface area contributed by atoms with Crippen LogP contribution >= 0.6 is 0 Å². The summed E-state index contributed by atoms with van der Waals surface area (Å²) in [5, 5.41) is 2.94. The SMILES string of the molecule is CC(C)(C)OC(=O)NC1CN(Cc2ccc(-c3[nH]c4cc5ncnc5cc4nc3-c3ccccc3)cc2)C1. The van der Waals surface area contributed by atoms with E-state index in [1.165, 1.54) is 5.56 Å². The predicted octanol–water partition coefficient (Wildman–Crippen LogP) is 5.55. The zero-order valence-corrected chi connectivity index (χ0v) is 21.7. The van der Waals surface area contributed by atoms with Crippen LogP contribution in [0.4, 0.5) is 4.79 Å². The summed E-state index contributed by atoms with van der Waals surface area (Å²) < 4.78 is 5.35. The number of fused-ring (bicyclic) bond motifs is 2. The Bertz CT molecular complexity index is 1600. The van der Waals surface area contributed by atoms with Crippen LogP contribution in [0.2, 0.25) is 0 Å². The van der Waals surface area contributed by atoms with E-state index >= 15 is 0 Å². The van der Waals surface area contributed by atoms with E-state index in [9.17, 15) is 4.79 Å². The first-order valence-electron chi connectivity index (χ1n) is 12.8. The van der Waals surface area contributed by atoms with Gasteiger partial charge in [-0.25, -0.2) is 19.7 Å². The molecule has 0 bridgehead atoms. The number of imidazole rings is 1. The lowest BCUT2D eigenvalue weighted by Crippen LogP contribution is -2.59. The van der Waals surface area contributed by atoms with Gasteiger partial charge in [0.25, 0.3) is 0 Å². The molecule has 1 fully saturated rings. The van der Waals surface area contributed by atoms with Crippen molar-refractivity contribution in [2.75, 3.05) is 13.1 Å². The molecule has 2 N–H and O–H groups in total. The van der Waals surface area contributed by atoms with Crippen molar-refractivity contribution in [2.24, 2.45) is 0 Å². The number of ether oxygens (including phenoxy) is 1. The number of amides is 1. The molecule has 1 aliphatic rings. The molecule has 5 aromatic rings. The summed E-state index contributed by atoms with van der Waals surface area (Å²) in [4.78, 5) is 31.7. The number of aromatic nitrogens is 4. The largest absolute Gasteiger partial charge is 0.444 e. The van der Waals surface area contributed by atoms with Crippen molar-refractivity contribution >= 4 is 28.2 Å². The van der Waals surface area contributed by atoms with Crippen molar-refractivity contribution in [3.63, 3.8) is 0 Å². The third-order valence-corrected chi connectivity index (χ3v) is 6.59. The Hall–Kier alpha value is -4.30. The Morgan fingerprint density at radius 1 is 0.974 bits per heavy atom. The van der Waals surface area contributed by atoms with Crippen LogP contribution in [0.5, 0.6) is 0 Å². The lowest BCUT2D eigenvalue weighted by Gasteiger charge is -2.39. The summed E-state index contributed by atoms with van der Waals surface area (Å²) in [7, 11) is 0. The average Bonchev–Trinajstić information content (AvgIpc) is 3.32. The van der Waals surface area contributed by atoms with Crippen LogP contribution in [0.1, 0.15) is 26.3 Å². The van der Waals surface area contributed by atoms with E-state index in [1.54, 1.807) is 6.33 Å². The van der Waals surface area contributed by atoms with Gasteiger partial charge in [-0.2, -0.15) is 0 Å². The normalized spacial score (nSPS) is 14.5. The number of rotatable bonds is 5. The second-order valence-corrected chi connectivity index (χ2v) is 10.8. The number of hydrogen-bond acceptors (Lipinski definition) is 6. The standard InChI is InChI=1S/C30H30N6O2/c1-30(2,3)38-29(37)33-22-16-36(17-22)15-19-9-11-21(12-10-19)28-27(20-7-5-4-6-8-20)34-25-13-23-24(32-18-31-23)14-26(25)35-28/h4-14,18,22,35H,15-17H2,1-3H3,(H,33,37). The maximum Gasteiger partial charge on any atom is 0.407 e. The number of nitrogens with one attached hydrogen (secondary N) is 2. The fraction of sp³-hybridized carbons (Fsp3) is 0.267. The molecule has 6 rings (SSSR count). The first-order chi connectivity index (χ1) is 18.3. The van der Waals surface area contributed by atoms with E-state index in [1.807, 2.05) is 51.1 Å². The molecule has 1 amide bonds. The number of H-pyrrole nitrogens is 1. The zero-order valence-electron chi connectivity index (χ0n) is 21.7. The molecule has 0 radical (unpaired) electrons. The lowest BCUT2D eigenvalue weighted by atomic mass is 10.0. The molecule has 2 aromatic heterocycles. The van der Waals surface area contributed by atoms with Crippen molar-refractivity contribution in [3.8, 4) is 22.5 Å². The summed E-state index contributed by atoms with van der Waals surface area (Å²) in [6, 6.07) is 22.9. The quantitative estimate of drug-likeness (QED) is 0.325. The van der Waals surface area contributed by atoms with Crippen molar-refractivity contribution in [1.82, 2.24) is 30.2 Å². The fourth-order valence-corrected chi connectivity index (χ4v) is 4.80. The third kappa shape index (κ3) is 5.08. The minimum Gasteiger partial charge on any atom is -0.444 e. The summed E-state index contributed by atoms with van der Waals surface area (Å²) in [6.07, 6.45) is 1.22. The van der Waals surface area contributed by atoms with Gasteiger partial charge < -0.3 is 15.0 Å². The van der Waals surface area contributed by atoms with Crippen LogP contribution < -0.4 is 5.32 Å². The Labute approximate surface area is 221 Å². The summed E-state index contributed by atoms with van der Waals surface area (Å²) in [5.41, 5.74) is 8.13. The fourth-order valence-electron chi connectivity index (χ4n) is 4.80. The highest BCUT2D eigenvalue weighted by Gasteiger charge is 2.29. The van der Waals surface area contributed by atoms with Gasteiger partial charge in [-0.1, -0.05) is 54.6 Å². The summed E-state index contributed by atoms with van der Waals surface area (Å²) in [6.45, 7) is 8.05. The van der Waals surface area contributed by atoms with Crippen LogP contribution in [0.3, 0.4) is 0 Å². The van der Waals surface area contributed by atoms with Gasteiger partial charge in [0, 0.05) is 30.8 Å². The topological polar surface area (TPSA) is 96.0 Å². The number of carbonyl (C=O) groups excluding carboxylic acids is 1. The molecule has 0 atom stereocenters. The summed E-state index contributed by atoms with van der Waals surface area (Å²) >= 11 is 0. The molecule has 38 heavy (non-hydrogen) atoms. The third-order valence-electron chi connectivity index (χ3n) is 6.59. The van der Waals surface area contributed by atoms with E-state index in [0.29, 0.717) is 0 Å². The first kappa shape index (κ1) is 24.1. The molecule has 0 unspecified atom stereocenters. The summed E-state index contributed by atoms with van der Waals surface area (Å²) in [5.74, 6) is 0. The van der Waals surface area contributed by atoms with Crippen molar-refractivity contribution < 1.29 is 9.53 Å². The van der Waals surface area contributed by atoms with E-state index < -0.39 is 5.60 Å². The van der Waals surface area contributed by atoms with Gasteiger partial charge in [-0.05, 0) is 38.5 Å². The van der Waals surface area contributed by atoms with Crippen LogP contribution in [-0.4, -0.2) is 55.7 Å². The highest BCUT2D eigenvalue weighted by molar-refractivity contribution is 5.94. The highest BCUT2D eigenvalue weighted by atomic mass is 16.6. The Kier molecular flexibility index (Phi) is 6.04. The number of aromatic amines is 1. The van der Waals surface area contributed by atoms with Crippen molar-refractivity contribution in [3.05, 3.63) is 78.6 Å². The molecule has 1 aliphatic heterocycles.